The van der Waals surface area contributed by atoms with Gasteiger partial charge >= 0.3 is 0 Å². The molecular weight excluding hydrogens is 269 g/mol. The Morgan fingerprint density at radius 3 is 2.63 bits per heavy atom. The summed E-state index contributed by atoms with van der Waals surface area (Å²) < 4.78 is 39.8. The Bertz CT molecular complexity index is 717. The second-order valence-electron chi connectivity index (χ2n) is 3.97. The molecule has 0 saturated heterocycles. The zero-order valence-corrected chi connectivity index (χ0v) is 10.9. The molecule has 0 unspecified atom stereocenters. The van der Waals surface area contributed by atoms with E-state index in [2.05, 4.69) is 9.71 Å². The van der Waals surface area contributed by atoms with Gasteiger partial charge in [-0.3, -0.25) is 4.72 Å². The Hall–Kier alpha value is -2.15. The average Bonchev–Trinajstić information content (AvgIpc) is 2.33. The zero-order chi connectivity index (χ0) is 14.0. The van der Waals surface area contributed by atoms with Crippen LogP contribution in [0.4, 0.5) is 15.9 Å². The van der Waals surface area contributed by atoms with Gasteiger partial charge < -0.3 is 5.73 Å². The van der Waals surface area contributed by atoms with Crippen LogP contribution in [0.5, 0.6) is 0 Å². The maximum Gasteiger partial charge on any atom is 0.265 e. The summed E-state index contributed by atoms with van der Waals surface area (Å²) in [6, 6.07) is 6.70. The molecule has 0 aliphatic rings. The van der Waals surface area contributed by atoms with Crippen LogP contribution in [0.25, 0.3) is 0 Å². The Labute approximate surface area is 110 Å². The molecule has 0 amide bonds. The third-order valence-electron chi connectivity index (χ3n) is 2.46. The van der Waals surface area contributed by atoms with Crippen LogP contribution < -0.4 is 10.5 Å². The number of benzene rings is 1. The van der Waals surface area contributed by atoms with E-state index < -0.39 is 20.7 Å². The van der Waals surface area contributed by atoms with E-state index in [0.717, 1.165) is 6.07 Å². The molecule has 100 valence electrons. The van der Waals surface area contributed by atoms with Crippen LogP contribution in [0.3, 0.4) is 0 Å². The number of nitrogens with one attached hydrogen (secondary N) is 1. The maximum absolute atomic E-state index is 13.5. The first-order chi connectivity index (χ1) is 8.90. The first kappa shape index (κ1) is 13.3. The summed E-state index contributed by atoms with van der Waals surface area (Å²) in [5.41, 5.74) is 6.50. The number of halogens is 1. The number of nitrogen functional groups attached to an aromatic ring is 1. The van der Waals surface area contributed by atoms with Crippen LogP contribution in [-0.2, 0) is 10.0 Å². The highest BCUT2D eigenvalue weighted by Crippen LogP contribution is 2.20. The monoisotopic (exact) mass is 281 g/mol. The van der Waals surface area contributed by atoms with Crippen molar-refractivity contribution < 1.29 is 12.8 Å². The summed E-state index contributed by atoms with van der Waals surface area (Å²) in [6.45, 7) is 1.66. The van der Waals surface area contributed by atoms with E-state index in [1.54, 1.807) is 13.0 Å². The molecule has 1 aromatic heterocycles. The smallest absolute Gasteiger partial charge is 0.265 e. The first-order valence-corrected chi connectivity index (χ1v) is 6.88. The third kappa shape index (κ3) is 2.82. The van der Waals surface area contributed by atoms with E-state index in [-0.39, 0.29) is 5.82 Å². The molecule has 0 fully saturated rings. The minimum atomic E-state index is -4.01. The SMILES string of the molecule is Cc1cc(N)cnc1NS(=O)(=O)c1ccccc1F. The van der Waals surface area contributed by atoms with Crippen LogP contribution in [0.2, 0.25) is 0 Å². The molecule has 2 aromatic rings. The van der Waals surface area contributed by atoms with Gasteiger partial charge in [-0.25, -0.2) is 17.8 Å². The molecular formula is C12H12FN3O2S. The summed E-state index contributed by atoms with van der Waals surface area (Å²) in [7, 11) is -4.01. The van der Waals surface area contributed by atoms with Crippen LogP contribution in [0, 0.1) is 12.7 Å². The second-order valence-corrected chi connectivity index (χ2v) is 5.62. The van der Waals surface area contributed by atoms with Crippen molar-refractivity contribution in [3.63, 3.8) is 0 Å². The van der Waals surface area contributed by atoms with Crippen molar-refractivity contribution >= 4 is 21.5 Å². The molecule has 5 nitrogen and oxygen atoms in total. The van der Waals surface area contributed by atoms with Gasteiger partial charge in [0.2, 0.25) is 0 Å². The predicted octanol–water partition coefficient (Wildman–Crippen LogP) is 1.91. The number of hydrogen-bond donors (Lipinski definition) is 2. The lowest BCUT2D eigenvalue weighted by Gasteiger charge is -2.10. The molecule has 7 heteroatoms. The van der Waals surface area contributed by atoms with E-state index in [4.69, 9.17) is 5.73 Å². The molecule has 0 atom stereocenters. The Morgan fingerprint density at radius 2 is 2.00 bits per heavy atom. The third-order valence-corrected chi connectivity index (χ3v) is 3.83. The minimum Gasteiger partial charge on any atom is -0.397 e. The van der Waals surface area contributed by atoms with Crippen LogP contribution in [-0.4, -0.2) is 13.4 Å². The lowest BCUT2D eigenvalue weighted by molar-refractivity contribution is 0.570. The summed E-state index contributed by atoms with van der Waals surface area (Å²) in [4.78, 5) is 3.46. The van der Waals surface area contributed by atoms with Crippen molar-refractivity contribution in [1.82, 2.24) is 4.98 Å². The van der Waals surface area contributed by atoms with Gasteiger partial charge in [-0.2, -0.15) is 0 Å². The maximum atomic E-state index is 13.5. The number of aryl methyl sites for hydroxylation is 1. The molecule has 0 aliphatic heterocycles. The van der Waals surface area contributed by atoms with Crippen molar-refractivity contribution in [2.45, 2.75) is 11.8 Å². The van der Waals surface area contributed by atoms with Crippen molar-refractivity contribution in [1.29, 1.82) is 0 Å². The fourth-order valence-electron chi connectivity index (χ4n) is 1.55. The quantitative estimate of drug-likeness (QED) is 0.900. The molecule has 0 radical (unpaired) electrons. The topological polar surface area (TPSA) is 85.1 Å². The average molecular weight is 281 g/mol. The number of nitrogens with zero attached hydrogens (tertiary/aromatic N) is 1. The first-order valence-electron chi connectivity index (χ1n) is 5.39. The van der Waals surface area contributed by atoms with Gasteiger partial charge in [0.1, 0.15) is 16.5 Å². The number of anilines is 2. The standard InChI is InChI=1S/C12H12FN3O2S/c1-8-6-9(14)7-15-12(8)16-19(17,18)11-5-3-2-4-10(11)13/h2-7H,14H2,1H3,(H,15,16). The fraction of sp³-hybridized carbons (Fsp3) is 0.0833. The lowest BCUT2D eigenvalue weighted by Crippen LogP contribution is -2.16. The highest BCUT2D eigenvalue weighted by atomic mass is 32.2. The minimum absolute atomic E-state index is 0.123. The van der Waals surface area contributed by atoms with Gasteiger partial charge in [0.25, 0.3) is 10.0 Å². The van der Waals surface area contributed by atoms with Crippen LogP contribution in [0.1, 0.15) is 5.56 Å². The number of pyridine rings is 1. The van der Waals surface area contributed by atoms with E-state index in [1.807, 2.05) is 0 Å². The highest BCUT2D eigenvalue weighted by molar-refractivity contribution is 7.92. The van der Waals surface area contributed by atoms with Crippen molar-refractivity contribution in [3.05, 3.63) is 47.9 Å². The van der Waals surface area contributed by atoms with E-state index >= 15 is 0 Å². The fourth-order valence-corrected chi connectivity index (χ4v) is 2.71. The van der Waals surface area contributed by atoms with Crippen molar-refractivity contribution in [2.24, 2.45) is 0 Å². The normalized spacial score (nSPS) is 11.3. The summed E-state index contributed by atoms with van der Waals surface area (Å²) in [5.74, 6) is -0.694. The van der Waals surface area contributed by atoms with Gasteiger partial charge in [-0.1, -0.05) is 12.1 Å². The Balaban J connectivity index is 2.40. The molecule has 19 heavy (non-hydrogen) atoms. The molecule has 1 heterocycles. The van der Waals surface area contributed by atoms with Gasteiger partial charge in [0, 0.05) is 0 Å². The molecule has 2 rings (SSSR count). The van der Waals surface area contributed by atoms with Crippen LogP contribution >= 0.6 is 0 Å². The zero-order valence-electron chi connectivity index (χ0n) is 10.1. The number of hydrogen-bond acceptors (Lipinski definition) is 4. The number of rotatable bonds is 3. The predicted molar refractivity (Wildman–Crippen MR) is 70.6 cm³/mol. The van der Waals surface area contributed by atoms with E-state index in [9.17, 15) is 12.8 Å². The largest absolute Gasteiger partial charge is 0.397 e. The number of nitrogens with two attached hydrogens (primary N) is 1. The van der Waals surface area contributed by atoms with Crippen molar-refractivity contribution in [2.75, 3.05) is 10.5 Å². The summed E-state index contributed by atoms with van der Waals surface area (Å²) in [5, 5.41) is 0. The van der Waals surface area contributed by atoms with Crippen molar-refractivity contribution in [3.8, 4) is 0 Å². The van der Waals surface area contributed by atoms with Crippen LogP contribution in [0.15, 0.2) is 41.4 Å². The lowest BCUT2D eigenvalue weighted by atomic mass is 10.3. The molecule has 0 aliphatic carbocycles. The molecule has 0 saturated carbocycles. The number of aromatic nitrogens is 1. The number of sulfonamides is 1. The molecule has 0 spiro atoms. The van der Waals surface area contributed by atoms with E-state index in [0.29, 0.717) is 11.3 Å². The van der Waals surface area contributed by atoms with Gasteiger partial charge in [0.05, 0.1) is 11.9 Å². The van der Waals surface area contributed by atoms with Gasteiger partial charge in [-0.05, 0) is 30.7 Å². The molecule has 1 aromatic carbocycles. The Kier molecular flexibility index (Phi) is 3.39. The summed E-state index contributed by atoms with van der Waals surface area (Å²) in [6.07, 6.45) is 1.33. The van der Waals surface area contributed by atoms with E-state index in [1.165, 1.54) is 24.4 Å². The molecule has 0 bridgehead atoms. The van der Waals surface area contributed by atoms with Gasteiger partial charge in [0.15, 0.2) is 0 Å². The molecule has 3 N–H and O–H groups in total. The summed E-state index contributed by atoms with van der Waals surface area (Å²) >= 11 is 0. The highest BCUT2D eigenvalue weighted by Gasteiger charge is 2.19. The second kappa shape index (κ2) is 4.85. The van der Waals surface area contributed by atoms with Gasteiger partial charge in [-0.15, -0.1) is 0 Å². The Morgan fingerprint density at radius 1 is 1.32 bits per heavy atom.